The summed E-state index contributed by atoms with van der Waals surface area (Å²) in [6, 6.07) is 16.1. The van der Waals surface area contributed by atoms with Crippen molar-refractivity contribution in [1.82, 2.24) is 0 Å². The van der Waals surface area contributed by atoms with Gasteiger partial charge < -0.3 is 14.2 Å². The minimum atomic E-state index is -2.19. The highest BCUT2D eigenvalue weighted by molar-refractivity contribution is 6.37. The number of rotatable bonds is 2. The van der Waals surface area contributed by atoms with Crippen molar-refractivity contribution in [3.05, 3.63) is 89.2 Å². The summed E-state index contributed by atoms with van der Waals surface area (Å²) in [6.07, 6.45) is -1.12. The number of Topliss-reactive ketones (excluding diaryl/α,β-unsaturated/α-hetero) is 2. The standard InChI is InChI=1S/C27H16FNO7/c28-14-7-5-13(6-8-14)22-20-21(27(36-22)23(30)16-3-1-2-4-17(16)24(27)31)26(33)29(25(20)32)15-9-10-18-19(11-15)35-12-34-18/h1-11,20-22H,12H2/t20-,21-,22-/m0/s1. The van der Waals surface area contributed by atoms with Crippen LogP contribution in [0.1, 0.15) is 32.4 Å². The van der Waals surface area contributed by atoms with Crippen molar-refractivity contribution in [2.75, 3.05) is 11.7 Å². The van der Waals surface area contributed by atoms with Gasteiger partial charge >= 0.3 is 0 Å². The first-order valence-corrected chi connectivity index (χ1v) is 11.3. The Kier molecular flexibility index (Phi) is 4.12. The molecule has 2 fully saturated rings. The first-order chi connectivity index (χ1) is 17.4. The number of hydrogen-bond acceptors (Lipinski definition) is 7. The molecule has 1 spiro atoms. The predicted molar refractivity (Wildman–Crippen MR) is 120 cm³/mol. The van der Waals surface area contributed by atoms with Crippen molar-refractivity contribution in [1.29, 1.82) is 0 Å². The van der Waals surface area contributed by atoms with E-state index in [2.05, 4.69) is 0 Å². The van der Waals surface area contributed by atoms with E-state index in [9.17, 15) is 23.6 Å². The fourth-order valence-corrected chi connectivity index (χ4v) is 5.75. The maximum atomic E-state index is 13.9. The average molecular weight is 485 g/mol. The third kappa shape index (κ3) is 2.50. The fraction of sp³-hybridized carbons (Fsp3) is 0.185. The highest BCUT2D eigenvalue weighted by Gasteiger charge is 2.74. The normalized spacial score (nSPS) is 25.1. The van der Waals surface area contributed by atoms with Gasteiger partial charge in [0.1, 0.15) is 5.82 Å². The Hall–Kier alpha value is -4.37. The zero-order chi connectivity index (χ0) is 24.8. The van der Waals surface area contributed by atoms with Crippen molar-refractivity contribution in [2.24, 2.45) is 11.8 Å². The van der Waals surface area contributed by atoms with Crippen LogP contribution in [-0.2, 0) is 14.3 Å². The summed E-state index contributed by atoms with van der Waals surface area (Å²) >= 11 is 0. The first-order valence-electron chi connectivity index (χ1n) is 11.3. The number of halogens is 1. The summed E-state index contributed by atoms with van der Waals surface area (Å²) < 4.78 is 30.6. The van der Waals surface area contributed by atoms with Gasteiger partial charge in [-0.15, -0.1) is 0 Å². The van der Waals surface area contributed by atoms with E-state index in [4.69, 9.17) is 14.2 Å². The van der Waals surface area contributed by atoms with E-state index in [1.54, 1.807) is 18.2 Å². The molecular weight excluding hydrogens is 469 g/mol. The van der Waals surface area contributed by atoms with Crippen LogP contribution >= 0.6 is 0 Å². The minimum absolute atomic E-state index is 0.0107. The summed E-state index contributed by atoms with van der Waals surface area (Å²) in [4.78, 5) is 56.2. The van der Waals surface area contributed by atoms with Crippen LogP contribution in [0.2, 0.25) is 0 Å². The third-order valence-corrected chi connectivity index (χ3v) is 7.33. The van der Waals surface area contributed by atoms with Crippen molar-refractivity contribution < 1.29 is 37.8 Å². The number of ether oxygens (including phenoxy) is 3. The maximum Gasteiger partial charge on any atom is 0.241 e. The first kappa shape index (κ1) is 21.0. The van der Waals surface area contributed by atoms with Crippen LogP contribution in [0.15, 0.2) is 66.7 Å². The van der Waals surface area contributed by atoms with Crippen LogP contribution < -0.4 is 14.4 Å². The number of anilines is 1. The SMILES string of the molecule is O=C1[C@H]2[C@@H](C(=O)N1c1ccc3c(c1)OCO3)C1(O[C@H]2c2ccc(F)cc2)C(=O)c2ccccc2C1=O. The van der Waals surface area contributed by atoms with Gasteiger partial charge in [0.25, 0.3) is 0 Å². The Labute approximate surface area is 203 Å². The minimum Gasteiger partial charge on any atom is -0.454 e. The molecular formula is C27H16FNO7. The van der Waals surface area contributed by atoms with Gasteiger partial charge in [0.15, 0.2) is 11.5 Å². The topological polar surface area (TPSA) is 99.2 Å². The molecule has 178 valence electrons. The summed E-state index contributed by atoms with van der Waals surface area (Å²) in [5.74, 6) is -4.87. The Morgan fingerprint density at radius 2 is 1.47 bits per heavy atom. The molecule has 2 saturated heterocycles. The zero-order valence-corrected chi connectivity index (χ0v) is 18.5. The Morgan fingerprint density at radius 1 is 0.806 bits per heavy atom. The number of imide groups is 1. The predicted octanol–water partition coefficient (Wildman–Crippen LogP) is 3.25. The Bertz CT molecular complexity index is 1480. The van der Waals surface area contributed by atoms with Crippen LogP contribution in [0.3, 0.4) is 0 Å². The monoisotopic (exact) mass is 485 g/mol. The lowest BCUT2D eigenvalue weighted by Crippen LogP contribution is -2.51. The number of carbonyl (C=O) groups is 4. The molecule has 3 aromatic rings. The van der Waals surface area contributed by atoms with Gasteiger partial charge in [0.2, 0.25) is 35.8 Å². The summed E-state index contributed by atoms with van der Waals surface area (Å²) in [5.41, 5.74) is -1.29. The van der Waals surface area contributed by atoms with Crippen molar-refractivity contribution in [3.63, 3.8) is 0 Å². The van der Waals surface area contributed by atoms with Gasteiger partial charge in [0.05, 0.1) is 23.6 Å². The smallest absolute Gasteiger partial charge is 0.241 e. The number of ketones is 2. The molecule has 4 aliphatic rings. The van der Waals surface area contributed by atoms with Crippen molar-refractivity contribution in [3.8, 4) is 11.5 Å². The molecule has 0 aromatic heterocycles. The molecule has 36 heavy (non-hydrogen) atoms. The van der Waals surface area contributed by atoms with Crippen LogP contribution in [0.5, 0.6) is 11.5 Å². The average Bonchev–Trinajstić information content (AvgIpc) is 3.61. The molecule has 0 bridgehead atoms. The molecule has 0 unspecified atom stereocenters. The van der Waals surface area contributed by atoms with E-state index in [1.807, 2.05) is 0 Å². The summed E-state index contributed by atoms with van der Waals surface area (Å²) in [5, 5.41) is 0. The van der Waals surface area contributed by atoms with E-state index in [0.717, 1.165) is 4.90 Å². The lowest BCUT2D eigenvalue weighted by atomic mass is 9.77. The molecule has 2 amide bonds. The van der Waals surface area contributed by atoms with E-state index in [1.165, 1.54) is 48.5 Å². The molecule has 8 nitrogen and oxygen atoms in total. The second-order valence-electron chi connectivity index (χ2n) is 9.08. The molecule has 7 rings (SSSR count). The van der Waals surface area contributed by atoms with E-state index in [-0.39, 0.29) is 23.6 Å². The quantitative estimate of drug-likeness (QED) is 0.406. The van der Waals surface area contributed by atoms with Gasteiger partial charge in [0, 0.05) is 17.2 Å². The molecule has 0 N–H and O–H groups in total. The largest absolute Gasteiger partial charge is 0.454 e. The summed E-state index contributed by atoms with van der Waals surface area (Å²) in [6.45, 7) is 0.0107. The molecule has 0 saturated carbocycles. The van der Waals surface area contributed by atoms with Crippen LogP contribution in [0.25, 0.3) is 0 Å². The molecule has 9 heteroatoms. The highest BCUT2D eigenvalue weighted by atomic mass is 19.1. The lowest BCUT2D eigenvalue weighted by Gasteiger charge is -2.27. The number of benzene rings is 3. The molecule has 1 aliphatic carbocycles. The van der Waals surface area contributed by atoms with Gasteiger partial charge in [-0.25, -0.2) is 9.29 Å². The number of carbonyl (C=O) groups excluding carboxylic acids is 4. The third-order valence-electron chi connectivity index (χ3n) is 7.33. The second-order valence-corrected chi connectivity index (χ2v) is 9.08. The zero-order valence-electron chi connectivity index (χ0n) is 18.5. The molecule has 0 radical (unpaired) electrons. The fourth-order valence-electron chi connectivity index (χ4n) is 5.75. The number of amides is 2. The molecule has 3 atom stereocenters. The van der Waals surface area contributed by atoms with Gasteiger partial charge in [-0.3, -0.25) is 19.2 Å². The molecule has 3 aromatic carbocycles. The number of hydrogen-bond donors (Lipinski definition) is 0. The van der Waals surface area contributed by atoms with Crippen molar-refractivity contribution in [2.45, 2.75) is 11.7 Å². The number of fused-ring (bicyclic) bond motifs is 4. The van der Waals surface area contributed by atoms with Gasteiger partial charge in [-0.2, -0.15) is 0 Å². The van der Waals surface area contributed by atoms with E-state index in [0.29, 0.717) is 17.1 Å². The van der Waals surface area contributed by atoms with Gasteiger partial charge in [-0.05, 0) is 29.8 Å². The van der Waals surface area contributed by atoms with E-state index >= 15 is 0 Å². The van der Waals surface area contributed by atoms with Crippen LogP contribution in [-0.4, -0.2) is 35.8 Å². The second kappa shape index (κ2) is 7.08. The number of nitrogens with zero attached hydrogens (tertiary/aromatic N) is 1. The summed E-state index contributed by atoms with van der Waals surface area (Å²) in [7, 11) is 0. The van der Waals surface area contributed by atoms with Crippen LogP contribution in [0.4, 0.5) is 10.1 Å². The highest BCUT2D eigenvalue weighted by Crippen LogP contribution is 2.58. The Balaban J connectivity index is 1.40. The van der Waals surface area contributed by atoms with Crippen LogP contribution in [0, 0.1) is 17.7 Å². The Morgan fingerprint density at radius 3 is 2.17 bits per heavy atom. The van der Waals surface area contributed by atoms with E-state index < -0.39 is 52.7 Å². The molecule has 3 heterocycles. The van der Waals surface area contributed by atoms with Crippen molar-refractivity contribution >= 4 is 29.1 Å². The lowest BCUT2D eigenvalue weighted by molar-refractivity contribution is -0.127. The molecule has 3 aliphatic heterocycles. The van der Waals surface area contributed by atoms with Gasteiger partial charge in [-0.1, -0.05) is 36.4 Å². The maximum absolute atomic E-state index is 13.9.